The van der Waals surface area contributed by atoms with Crippen molar-refractivity contribution in [2.75, 3.05) is 18.4 Å². The zero-order valence-electron chi connectivity index (χ0n) is 11.9. The normalized spacial score (nSPS) is 24.5. The van der Waals surface area contributed by atoms with Gasteiger partial charge in [0.25, 0.3) is 0 Å². The maximum Gasteiger partial charge on any atom is 0.231 e. The third-order valence-electron chi connectivity index (χ3n) is 4.59. The average molecular weight is 305 g/mol. The van der Waals surface area contributed by atoms with E-state index in [-0.39, 0.29) is 17.7 Å². The summed E-state index contributed by atoms with van der Waals surface area (Å²) in [4.78, 5) is 31.9. The first-order valence-corrected chi connectivity index (χ1v) is 8.58. The Hall–Kier alpha value is -1.43. The fourth-order valence-electron chi connectivity index (χ4n) is 3.19. The second-order valence-electron chi connectivity index (χ2n) is 6.37. The summed E-state index contributed by atoms with van der Waals surface area (Å²) in [5.41, 5.74) is 1.15. The molecule has 2 heterocycles. The fraction of sp³-hybridized carbons (Fsp3) is 0.667. The maximum atomic E-state index is 12.3. The highest BCUT2D eigenvalue weighted by Crippen LogP contribution is 2.33. The number of rotatable bonds is 4. The van der Waals surface area contributed by atoms with E-state index < -0.39 is 0 Å². The van der Waals surface area contributed by atoms with E-state index in [1.54, 1.807) is 11.3 Å². The van der Waals surface area contributed by atoms with E-state index in [0.29, 0.717) is 24.0 Å². The van der Waals surface area contributed by atoms with Crippen LogP contribution in [0.5, 0.6) is 0 Å². The van der Waals surface area contributed by atoms with Crippen molar-refractivity contribution in [1.29, 1.82) is 0 Å². The summed E-state index contributed by atoms with van der Waals surface area (Å²) in [6.45, 7) is 1.42. The van der Waals surface area contributed by atoms with Crippen LogP contribution in [0.3, 0.4) is 0 Å². The van der Waals surface area contributed by atoms with E-state index >= 15 is 0 Å². The molecule has 0 bridgehead atoms. The number of hydrogen-bond acceptors (Lipinski definition) is 4. The van der Waals surface area contributed by atoms with E-state index in [1.165, 1.54) is 24.1 Å². The van der Waals surface area contributed by atoms with E-state index in [0.717, 1.165) is 25.1 Å². The minimum absolute atomic E-state index is 0.0472. The number of nitrogens with one attached hydrogen (secondary N) is 1. The lowest BCUT2D eigenvalue weighted by Crippen LogP contribution is -2.29. The molecule has 0 spiro atoms. The highest BCUT2D eigenvalue weighted by atomic mass is 32.1. The Balaban J connectivity index is 1.37. The van der Waals surface area contributed by atoms with E-state index in [1.807, 2.05) is 4.90 Å². The smallest absolute Gasteiger partial charge is 0.231 e. The van der Waals surface area contributed by atoms with Crippen molar-refractivity contribution in [2.24, 2.45) is 11.8 Å². The van der Waals surface area contributed by atoms with Crippen LogP contribution in [0.4, 0.5) is 5.13 Å². The molecule has 112 valence electrons. The van der Waals surface area contributed by atoms with Gasteiger partial charge in [0.1, 0.15) is 0 Å². The van der Waals surface area contributed by atoms with Gasteiger partial charge in [-0.05, 0) is 38.0 Å². The Kier molecular flexibility index (Phi) is 3.21. The molecular weight excluding hydrogens is 286 g/mol. The minimum Gasteiger partial charge on any atom is -0.342 e. The summed E-state index contributed by atoms with van der Waals surface area (Å²) in [5.74, 6) is 0.547. The summed E-state index contributed by atoms with van der Waals surface area (Å²) < 4.78 is 0. The molecule has 2 fully saturated rings. The molecule has 6 heteroatoms. The molecule has 3 aliphatic rings. The molecule has 21 heavy (non-hydrogen) atoms. The van der Waals surface area contributed by atoms with Crippen molar-refractivity contribution < 1.29 is 9.59 Å². The van der Waals surface area contributed by atoms with Crippen LogP contribution >= 0.6 is 11.3 Å². The van der Waals surface area contributed by atoms with Gasteiger partial charge < -0.3 is 10.2 Å². The highest BCUT2D eigenvalue weighted by Gasteiger charge is 2.37. The summed E-state index contributed by atoms with van der Waals surface area (Å²) >= 11 is 1.59. The Morgan fingerprint density at radius 1 is 1.38 bits per heavy atom. The number of fused-ring (bicyclic) bond motifs is 1. The van der Waals surface area contributed by atoms with E-state index in [9.17, 15) is 9.59 Å². The zero-order valence-corrected chi connectivity index (χ0v) is 12.7. The molecule has 1 aromatic rings. The van der Waals surface area contributed by atoms with Crippen LogP contribution in [0.15, 0.2) is 0 Å². The molecule has 1 unspecified atom stereocenters. The van der Waals surface area contributed by atoms with Crippen molar-refractivity contribution in [1.82, 2.24) is 9.88 Å². The number of carbonyl (C=O) groups excluding carboxylic acids is 2. The second kappa shape index (κ2) is 5.09. The molecule has 1 saturated carbocycles. The second-order valence-corrected chi connectivity index (χ2v) is 7.46. The van der Waals surface area contributed by atoms with Crippen LogP contribution in [0.1, 0.15) is 36.3 Å². The van der Waals surface area contributed by atoms with Crippen molar-refractivity contribution >= 4 is 28.3 Å². The largest absolute Gasteiger partial charge is 0.342 e. The molecule has 5 nitrogen and oxygen atoms in total. The number of anilines is 1. The number of hydrogen-bond donors (Lipinski definition) is 1. The molecular formula is C15H19N3O2S. The van der Waals surface area contributed by atoms with Crippen LogP contribution in [0, 0.1) is 11.8 Å². The van der Waals surface area contributed by atoms with Gasteiger partial charge in [-0.15, -0.1) is 11.3 Å². The molecule has 1 aromatic heterocycles. The van der Waals surface area contributed by atoms with Gasteiger partial charge in [-0.3, -0.25) is 9.59 Å². The molecule has 1 aliphatic heterocycles. The number of nitrogens with zero attached hydrogens (tertiary/aromatic N) is 2. The predicted octanol–water partition coefficient (Wildman–Crippen LogP) is 1.83. The van der Waals surface area contributed by atoms with Crippen molar-refractivity contribution in [3.8, 4) is 0 Å². The van der Waals surface area contributed by atoms with Gasteiger partial charge in [0.15, 0.2) is 5.13 Å². The van der Waals surface area contributed by atoms with E-state index in [4.69, 9.17) is 0 Å². The van der Waals surface area contributed by atoms with Gasteiger partial charge in [0, 0.05) is 24.4 Å². The number of aryl methyl sites for hydroxylation is 2. The lowest BCUT2D eigenvalue weighted by atomic mass is 10.1. The molecule has 2 amide bonds. The zero-order chi connectivity index (χ0) is 14.4. The summed E-state index contributed by atoms with van der Waals surface area (Å²) in [6.07, 6.45) is 6.09. The van der Waals surface area contributed by atoms with Crippen LogP contribution in [0.25, 0.3) is 0 Å². The van der Waals surface area contributed by atoms with Crippen molar-refractivity contribution in [2.45, 2.75) is 38.5 Å². The maximum absolute atomic E-state index is 12.3. The average Bonchev–Trinajstić information content (AvgIpc) is 2.83. The number of aromatic nitrogens is 1. The number of thiazole rings is 1. The molecule has 0 radical (unpaired) electrons. The first-order valence-electron chi connectivity index (χ1n) is 7.76. The van der Waals surface area contributed by atoms with Gasteiger partial charge >= 0.3 is 0 Å². The van der Waals surface area contributed by atoms with Crippen LogP contribution in [0.2, 0.25) is 0 Å². The molecule has 0 aromatic carbocycles. The van der Waals surface area contributed by atoms with Gasteiger partial charge in [0.2, 0.25) is 11.8 Å². The Morgan fingerprint density at radius 3 is 3.00 bits per heavy atom. The van der Waals surface area contributed by atoms with Gasteiger partial charge in [-0.2, -0.15) is 0 Å². The van der Waals surface area contributed by atoms with Gasteiger partial charge in [-0.1, -0.05) is 0 Å². The standard InChI is InChI=1S/C15H19N3O2S/c19-13-6-10(8-18(13)7-9-4-5-9)14(20)17-15-16-11-2-1-3-12(11)21-15/h9-10H,1-8H2,(H,16,17,20). The third-order valence-corrected chi connectivity index (χ3v) is 5.66. The van der Waals surface area contributed by atoms with Crippen molar-refractivity contribution in [3.63, 3.8) is 0 Å². The predicted molar refractivity (Wildman–Crippen MR) is 80.2 cm³/mol. The number of likely N-dealkylation sites (tertiary alicyclic amines) is 1. The number of carbonyl (C=O) groups is 2. The molecule has 2 aliphatic carbocycles. The SMILES string of the molecule is O=C(Nc1nc2c(s1)CCC2)C1CC(=O)N(CC2CC2)C1. The minimum atomic E-state index is -0.213. The Labute approximate surface area is 127 Å². The first-order chi connectivity index (χ1) is 10.2. The molecule has 4 rings (SSSR count). The van der Waals surface area contributed by atoms with Gasteiger partial charge in [0.05, 0.1) is 11.6 Å². The molecule has 1 atom stereocenters. The quantitative estimate of drug-likeness (QED) is 0.923. The summed E-state index contributed by atoms with van der Waals surface area (Å²) in [6, 6.07) is 0. The summed E-state index contributed by atoms with van der Waals surface area (Å²) in [7, 11) is 0. The highest BCUT2D eigenvalue weighted by molar-refractivity contribution is 7.15. The monoisotopic (exact) mass is 305 g/mol. The Bertz CT molecular complexity index is 572. The van der Waals surface area contributed by atoms with Crippen LogP contribution < -0.4 is 5.32 Å². The van der Waals surface area contributed by atoms with Gasteiger partial charge in [-0.25, -0.2) is 4.98 Å². The third kappa shape index (κ3) is 2.69. The fourth-order valence-corrected chi connectivity index (χ4v) is 4.24. The lowest BCUT2D eigenvalue weighted by Gasteiger charge is -2.15. The topological polar surface area (TPSA) is 62.3 Å². The van der Waals surface area contributed by atoms with Crippen LogP contribution in [-0.4, -0.2) is 34.8 Å². The summed E-state index contributed by atoms with van der Waals surface area (Å²) in [5, 5.41) is 3.62. The van der Waals surface area contributed by atoms with Crippen molar-refractivity contribution in [3.05, 3.63) is 10.6 Å². The Morgan fingerprint density at radius 2 is 2.24 bits per heavy atom. The first kappa shape index (κ1) is 13.2. The number of amides is 2. The molecule has 1 N–H and O–H groups in total. The van der Waals surface area contributed by atoms with E-state index in [2.05, 4.69) is 10.3 Å². The molecule has 1 saturated heterocycles. The van der Waals surface area contributed by atoms with Crippen LogP contribution in [-0.2, 0) is 22.4 Å². The lowest BCUT2D eigenvalue weighted by molar-refractivity contribution is -0.128.